The van der Waals surface area contributed by atoms with Crippen LogP contribution >= 0.6 is 27.3 Å². The fourth-order valence-electron chi connectivity index (χ4n) is 2.68. The van der Waals surface area contributed by atoms with Crippen LogP contribution in [0.2, 0.25) is 0 Å². The molecule has 0 bridgehead atoms. The van der Waals surface area contributed by atoms with Crippen molar-refractivity contribution in [3.05, 3.63) is 20.3 Å². The number of carbonyl (C=O) groups is 1. The van der Waals surface area contributed by atoms with Crippen molar-refractivity contribution in [3.8, 4) is 0 Å². The summed E-state index contributed by atoms with van der Waals surface area (Å²) in [5.41, 5.74) is 1.15. The first-order chi connectivity index (χ1) is 9.49. The zero-order valence-corrected chi connectivity index (χ0v) is 14.9. The molecule has 3 nitrogen and oxygen atoms in total. The van der Waals surface area contributed by atoms with E-state index in [1.807, 2.05) is 13.0 Å². The van der Waals surface area contributed by atoms with Crippen LogP contribution in [0.3, 0.4) is 0 Å². The van der Waals surface area contributed by atoms with Crippen LogP contribution in [0.4, 0.5) is 0 Å². The van der Waals surface area contributed by atoms with Crippen molar-refractivity contribution in [2.75, 3.05) is 27.2 Å². The zero-order valence-electron chi connectivity index (χ0n) is 12.5. The van der Waals surface area contributed by atoms with Crippen molar-refractivity contribution in [2.45, 2.75) is 38.6 Å². The molecule has 1 aromatic heterocycles. The summed E-state index contributed by atoms with van der Waals surface area (Å²) < 4.78 is 1.07. The normalized spacial score (nSPS) is 16.1. The van der Waals surface area contributed by atoms with E-state index < -0.39 is 0 Å². The third-order valence-electron chi connectivity index (χ3n) is 3.88. The van der Waals surface area contributed by atoms with Crippen molar-refractivity contribution in [1.29, 1.82) is 0 Å². The van der Waals surface area contributed by atoms with Gasteiger partial charge in [0.2, 0.25) is 0 Å². The van der Waals surface area contributed by atoms with E-state index in [1.165, 1.54) is 12.8 Å². The fourth-order valence-corrected chi connectivity index (χ4v) is 4.17. The smallest absolute Gasteiger partial charge is 0.264 e. The SMILES string of the molecule is Cc1cc(C(=O)N(CCN(C)C)C2CCCC2)sc1Br. The maximum atomic E-state index is 12.8. The van der Waals surface area contributed by atoms with Gasteiger partial charge in [0.1, 0.15) is 0 Å². The molecule has 1 aromatic rings. The molecule has 112 valence electrons. The summed E-state index contributed by atoms with van der Waals surface area (Å²) in [4.78, 5) is 17.9. The monoisotopic (exact) mass is 358 g/mol. The number of likely N-dealkylation sites (N-methyl/N-ethyl adjacent to an activating group) is 1. The van der Waals surface area contributed by atoms with E-state index in [1.54, 1.807) is 11.3 Å². The van der Waals surface area contributed by atoms with Gasteiger partial charge in [0, 0.05) is 19.1 Å². The molecule has 20 heavy (non-hydrogen) atoms. The van der Waals surface area contributed by atoms with Crippen molar-refractivity contribution in [3.63, 3.8) is 0 Å². The van der Waals surface area contributed by atoms with Gasteiger partial charge in [-0.2, -0.15) is 0 Å². The summed E-state index contributed by atoms with van der Waals surface area (Å²) in [6, 6.07) is 2.44. The summed E-state index contributed by atoms with van der Waals surface area (Å²) in [5, 5.41) is 0. The van der Waals surface area contributed by atoms with E-state index in [9.17, 15) is 4.79 Å². The Morgan fingerprint density at radius 2 is 2.00 bits per heavy atom. The van der Waals surface area contributed by atoms with Gasteiger partial charge in [-0.3, -0.25) is 4.79 Å². The summed E-state index contributed by atoms with van der Waals surface area (Å²) in [7, 11) is 4.12. The van der Waals surface area contributed by atoms with Gasteiger partial charge < -0.3 is 9.80 Å². The lowest BCUT2D eigenvalue weighted by Gasteiger charge is -2.29. The third-order valence-corrected chi connectivity index (χ3v) is 6.01. The second-order valence-corrected chi connectivity index (χ2v) is 8.18. The topological polar surface area (TPSA) is 23.6 Å². The minimum absolute atomic E-state index is 0.206. The predicted octanol–water partition coefficient (Wildman–Crippen LogP) is 3.77. The Hall–Kier alpha value is -0.390. The molecule has 0 radical (unpaired) electrons. The molecule has 0 N–H and O–H groups in total. The largest absolute Gasteiger partial charge is 0.334 e. The van der Waals surface area contributed by atoms with Crippen LogP contribution in [0, 0.1) is 6.92 Å². The Bertz CT molecular complexity index is 447. The quantitative estimate of drug-likeness (QED) is 0.799. The van der Waals surface area contributed by atoms with E-state index in [4.69, 9.17) is 0 Å². The minimum Gasteiger partial charge on any atom is -0.334 e. The first-order valence-corrected chi connectivity index (χ1v) is 8.81. The summed E-state index contributed by atoms with van der Waals surface area (Å²) in [6.07, 6.45) is 4.82. The van der Waals surface area contributed by atoms with Gasteiger partial charge in [0.05, 0.1) is 8.66 Å². The molecule has 1 saturated carbocycles. The van der Waals surface area contributed by atoms with Gasteiger partial charge in [0.15, 0.2) is 0 Å². The average molecular weight is 359 g/mol. The highest BCUT2D eigenvalue weighted by atomic mass is 79.9. The van der Waals surface area contributed by atoms with Gasteiger partial charge in [-0.25, -0.2) is 0 Å². The van der Waals surface area contributed by atoms with Gasteiger partial charge in [0.25, 0.3) is 5.91 Å². The Balaban J connectivity index is 2.13. The highest BCUT2D eigenvalue weighted by molar-refractivity contribution is 9.11. The van der Waals surface area contributed by atoms with Crippen molar-refractivity contribution < 1.29 is 4.79 Å². The van der Waals surface area contributed by atoms with Gasteiger partial charge in [-0.05, 0) is 61.4 Å². The second-order valence-electron chi connectivity index (χ2n) is 5.81. The number of hydrogen-bond donors (Lipinski definition) is 0. The molecule has 5 heteroatoms. The van der Waals surface area contributed by atoms with E-state index >= 15 is 0 Å². The van der Waals surface area contributed by atoms with E-state index in [-0.39, 0.29) is 5.91 Å². The summed E-state index contributed by atoms with van der Waals surface area (Å²) in [5.74, 6) is 0.206. The van der Waals surface area contributed by atoms with Crippen molar-refractivity contribution >= 4 is 33.2 Å². The number of amides is 1. The van der Waals surface area contributed by atoms with Gasteiger partial charge in [-0.15, -0.1) is 11.3 Å². The molecule has 1 heterocycles. The minimum atomic E-state index is 0.206. The summed E-state index contributed by atoms with van der Waals surface area (Å²) in [6.45, 7) is 3.79. The number of aryl methyl sites for hydroxylation is 1. The first kappa shape index (κ1) is 16.0. The molecule has 2 rings (SSSR count). The highest BCUT2D eigenvalue weighted by Gasteiger charge is 2.28. The standard InChI is InChI=1S/C15H23BrN2OS/c1-11-10-13(20-14(11)16)15(19)18(9-8-17(2)3)12-6-4-5-7-12/h10,12H,4-9H2,1-3H3. The van der Waals surface area contributed by atoms with Crippen molar-refractivity contribution in [2.24, 2.45) is 0 Å². The lowest BCUT2D eigenvalue weighted by Crippen LogP contribution is -2.42. The molecule has 1 aliphatic rings. The molecular formula is C15H23BrN2OS. The first-order valence-electron chi connectivity index (χ1n) is 7.20. The molecule has 0 aliphatic heterocycles. The Morgan fingerprint density at radius 1 is 1.35 bits per heavy atom. The van der Waals surface area contributed by atoms with Crippen LogP contribution in [0.15, 0.2) is 9.85 Å². The molecule has 0 aromatic carbocycles. The number of halogens is 1. The van der Waals surface area contributed by atoms with Gasteiger partial charge in [-0.1, -0.05) is 12.8 Å². The molecular weight excluding hydrogens is 336 g/mol. The average Bonchev–Trinajstić information content (AvgIpc) is 3.00. The third kappa shape index (κ3) is 3.83. The second kappa shape index (κ2) is 7.05. The van der Waals surface area contributed by atoms with E-state index in [2.05, 4.69) is 39.8 Å². The molecule has 0 unspecified atom stereocenters. The zero-order chi connectivity index (χ0) is 14.7. The predicted molar refractivity (Wildman–Crippen MR) is 88.6 cm³/mol. The molecule has 1 aliphatic carbocycles. The van der Waals surface area contributed by atoms with Crippen LogP contribution < -0.4 is 0 Å². The molecule has 1 amide bonds. The maximum Gasteiger partial charge on any atom is 0.264 e. The number of hydrogen-bond acceptors (Lipinski definition) is 3. The molecule has 1 fully saturated rings. The number of rotatable bonds is 5. The maximum absolute atomic E-state index is 12.8. The van der Waals surface area contributed by atoms with E-state index in [0.717, 1.165) is 40.2 Å². The molecule has 0 atom stereocenters. The van der Waals surface area contributed by atoms with Crippen LogP contribution in [0.1, 0.15) is 40.9 Å². The molecule has 0 spiro atoms. The number of thiophene rings is 1. The summed E-state index contributed by atoms with van der Waals surface area (Å²) >= 11 is 5.07. The van der Waals surface area contributed by atoms with Crippen LogP contribution in [-0.4, -0.2) is 48.9 Å². The van der Waals surface area contributed by atoms with Crippen LogP contribution in [0.25, 0.3) is 0 Å². The Morgan fingerprint density at radius 3 is 2.50 bits per heavy atom. The fraction of sp³-hybridized carbons (Fsp3) is 0.667. The highest BCUT2D eigenvalue weighted by Crippen LogP contribution is 2.30. The van der Waals surface area contributed by atoms with Crippen LogP contribution in [0.5, 0.6) is 0 Å². The van der Waals surface area contributed by atoms with E-state index in [0.29, 0.717) is 6.04 Å². The van der Waals surface area contributed by atoms with Crippen molar-refractivity contribution in [1.82, 2.24) is 9.80 Å². The molecule has 0 saturated heterocycles. The lowest BCUT2D eigenvalue weighted by molar-refractivity contribution is 0.0672. The number of nitrogens with zero attached hydrogens (tertiary/aromatic N) is 2. The lowest BCUT2D eigenvalue weighted by atomic mass is 10.2. The number of carbonyl (C=O) groups excluding carboxylic acids is 1. The Labute approximate surface area is 134 Å². The van der Waals surface area contributed by atoms with Gasteiger partial charge >= 0.3 is 0 Å². The van der Waals surface area contributed by atoms with Crippen LogP contribution in [-0.2, 0) is 0 Å². The Kier molecular flexibility index (Phi) is 5.64.